The van der Waals surface area contributed by atoms with Crippen LogP contribution in [0.25, 0.3) is 0 Å². The molecule has 0 radical (unpaired) electrons. The summed E-state index contributed by atoms with van der Waals surface area (Å²) in [7, 11) is -3.61. The lowest BCUT2D eigenvalue weighted by atomic mass is 10.0. The van der Waals surface area contributed by atoms with Crippen molar-refractivity contribution in [2.24, 2.45) is 0 Å². The third kappa shape index (κ3) is 7.38. The molecule has 0 aromatic heterocycles. The van der Waals surface area contributed by atoms with Crippen LogP contribution in [0.5, 0.6) is 0 Å². The Labute approximate surface area is 225 Å². The molecule has 1 aliphatic heterocycles. The average molecular weight is 581 g/mol. The van der Waals surface area contributed by atoms with E-state index in [-0.39, 0.29) is 50.5 Å². The molecule has 1 heterocycles. The number of nitrogens with zero attached hydrogens (tertiary/aromatic N) is 2. The number of nitrogens with one attached hydrogen (secondary N) is 1. The number of amides is 1. The topological polar surface area (TPSA) is 69.7 Å². The zero-order valence-corrected chi connectivity index (χ0v) is 23.2. The van der Waals surface area contributed by atoms with Gasteiger partial charge in [-0.2, -0.15) is 13.2 Å². The maximum absolute atomic E-state index is 14.0. The van der Waals surface area contributed by atoms with E-state index in [2.05, 4.69) is 24.1 Å². The van der Waals surface area contributed by atoms with Crippen LogP contribution in [0.4, 0.5) is 13.2 Å². The van der Waals surface area contributed by atoms with E-state index in [0.29, 0.717) is 19.1 Å². The first kappa shape index (κ1) is 29.7. The molecule has 2 aromatic carbocycles. The Morgan fingerprint density at radius 1 is 1.08 bits per heavy atom. The molecular formula is C25H30Cl2F3N3O3S. The van der Waals surface area contributed by atoms with Gasteiger partial charge in [0.25, 0.3) is 5.91 Å². The zero-order valence-electron chi connectivity index (χ0n) is 20.8. The summed E-state index contributed by atoms with van der Waals surface area (Å²) < 4.78 is 66.8. The average Bonchev–Trinajstić information content (AvgIpc) is 2.83. The number of benzene rings is 2. The predicted octanol–water partition coefficient (Wildman–Crippen LogP) is 5.26. The summed E-state index contributed by atoms with van der Waals surface area (Å²) >= 11 is 12.3. The summed E-state index contributed by atoms with van der Waals surface area (Å²) in [6, 6.07) is 6.54. The van der Waals surface area contributed by atoms with Crippen LogP contribution in [0, 0.1) is 0 Å². The van der Waals surface area contributed by atoms with Crippen molar-refractivity contribution < 1.29 is 26.4 Å². The van der Waals surface area contributed by atoms with Crippen molar-refractivity contribution >= 4 is 38.9 Å². The van der Waals surface area contributed by atoms with E-state index in [4.69, 9.17) is 23.2 Å². The number of alkyl halides is 3. The Bertz CT molecular complexity index is 1250. The minimum Gasteiger partial charge on any atom is -0.348 e. The van der Waals surface area contributed by atoms with Crippen molar-refractivity contribution in [1.82, 2.24) is 15.1 Å². The van der Waals surface area contributed by atoms with Crippen LogP contribution in [0.2, 0.25) is 10.0 Å². The summed E-state index contributed by atoms with van der Waals surface area (Å²) in [5.74, 6) is -0.974. The molecule has 1 saturated heterocycles. The highest BCUT2D eigenvalue weighted by Gasteiger charge is 2.36. The Morgan fingerprint density at radius 2 is 1.73 bits per heavy atom. The molecular weight excluding hydrogens is 550 g/mol. The van der Waals surface area contributed by atoms with Crippen molar-refractivity contribution in [3.8, 4) is 0 Å². The molecule has 6 nitrogen and oxygen atoms in total. The third-order valence-electron chi connectivity index (χ3n) is 6.46. The predicted molar refractivity (Wildman–Crippen MR) is 139 cm³/mol. The number of rotatable bonds is 8. The summed E-state index contributed by atoms with van der Waals surface area (Å²) in [4.78, 5) is 17.0. The van der Waals surface area contributed by atoms with E-state index in [1.807, 2.05) is 4.90 Å². The van der Waals surface area contributed by atoms with Crippen molar-refractivity contribution in [2.45, 2.75) is 51.0 Å². The van der Waals surface area contributed by atoms with Gasteiger partial charge in [0.15, 0.2) is 9.84 Å². The summed E-state index contributed by atoms with van der Waals surface area (Å²) in [6.07, 6.45) is -4.72. The van der Waals surface area contributed by atoms with Crippen LogP contribution < -0.4 is 5.32 Å². The number of carbonyl (C=O) groups is 1. The van der Waals surface area contributed by atoms with Gasteiger partial charge in [-0.3, -0.25) is 14.6 Å². The van der Waals surface area contributed by atoms with Crippen molar-refractivity contribution in [3.63, 3.8) is 0 Å². The van der Waals surface area contributed by atoms with Gasteiger partial charge in [-0.05, 0) is 55.3 Å². The molecule has 0 spiro atoms. The molecule has 1 fully saturated rings. The van der Waals surface area contributed by atoms with Gasteiger partial charge in [0.2, 0.25) is 0 Å². The number of carbonyl (C=O) groups excluding carboxylic acids is 1. The van der Waals surface area contributed by atoms with Crippen LogP contribution >= 0.6 is 23.2 Å². The largest absolute Gasteiger partial charge is 0.416 e. The molecule has 1 N–H and O–H groups in total. The smallest absolute Gasteiger partial charge is 0.348 e. The maximum atomic E-state index is 14.0. The second kappa shape index (κ2) is 11.9. The number of hydrogen-bond acceptors (Lipinski definition) is 5. The van der Waals surface area contributed by atoms with Gasteiger partial charge in [-0.25, -0.2) is 8.42 Å². The first-order chi connectivity index (χ1) is 17.2. The molecule has 37 heavy (non-hydrogen) atoms. The van der Waals surface area contributed by atoms with Crippen molar-refractivity contribution in [3.05, 3.63) is 62.6 Å². The standard InChI is InChI=1S/C25H30Cl2F3N3O3S/c1-4-37(35,36)23-6-5-19(26)11-18(23)14-31-24(34)17-12-21(25(28,29)30)20(22(27)13-17)15-32-7-9-33(10-8-32)16(2)3/h5-6,11-13,16H,4,7-10,14-15H2,1-3H3,(H,31,34). The minimum absolute atomic E-state index is 0.00150. The number of sulfone groups is 1. The first-order valence-corrected chi connectivity index (χ1v) is 14.3. The second-order valence-corrected chi connectivity index (χ2v) is 12.3. The van der Waals surface area contributed by atoms with E-state index in [1.54, 1.807) is 0 Å². The van der Waals surface area contributed by atoms with Crippen LogP contribution in [0.3, 0.4) is 0 Å². The van der Waals surface area contributed by atoms with E-state index in [0.717, 1.165) is 19.2 Å². The van der Waals surface area contributed by atoms with Crippen LogP contribution in [0.1, 0.15) is 47.8 Å². The lowest BCUT2D eigenvalue weighted by Crippen LogP contribution is -2.48. The maximum Gasteiger partial charge on any atom is 0.416 e. The Balaban J connectivity index is 1.83. The lowest BCUT2D eigenvalue weighted by molar-refractivity contribution is -0.138. The molecule has 12 heteroatoms. The number of hydrogen-bond donors (Lipinski definition) is 1. The molecule has 0 saturated carbocycles. The van der Waals surface area contributed by atoms with Crippen LogP contribution in [0.15, 0.2) is 35.2 Å². The Kier molecular flexibility index (Phi) is 9.56. The fourth-order valence-electron chi connectivity index (χ4n) is 4.27. The Morgan fingerprint density at radius 3 is 2.30 bits per heavy atom. The van der Waals surface area contributed by atoms with E-state index in [9.17, 15) is 26.4 Å². The van der Waals surface area contributed by atoms with Gasteiger partial charge in [0.1, 0.15) is 0 Å². The van der Waals surface area contributed by atoms with Gasteiger partial charge >= 0.3 is 6.18 Å². The van der Waals surface area contributed by atoms with Crippen molar-refractivity contribution in [1.29, 1.82) is 0 Å². The van der Waals surface area contributed by atoms with Gasteiger partial charge in [0, 0.05) is 60.9 Å². The molecule has 0 aliphatic carbocycles. The van der Waals surface area contributed by atoms with Gasteiger partial charge in [-0.1, -0.05) is 30.1 Å². The second-order valence-electron chi connectivity index (χ2n) is 9.23. The van der Waals surface area contributed by atoms with Gasteiger partial charge < -0.3 is 5.32 Å². The normalized spacial score (nSPS) is 15.8. The third-order valence-corrected chi connectivity index (χ3v) is 8.86. The number of halogens is 5. The van der Waals surface area contributed by atoms with Gasteiger partial charge in [0.05, 0.1) is 16.2 Å². The molecule has 1 amide bonds. The summed E-state index contributed by atoms with van der Waals surface area (Å²) in [5.41, 5.74) is -1.07. The van der Waals surface area contributed by atoms with Crippen LogP contribution in [-0.2, 0) is 29.1 Å². The molecule has 204 valence electrons. The molecule has 0 bridgehead atoms. The highest BCUT2D eigenvalue weighted by atomic mass is 35.5. The quantitative estimate of drug-likeness (QED) is 0.462. The lowest BCUT2D eigenvalue weighted by Gasteiger charge is -2.37. The first-order valence-electron chi connectivity index (χ1n) is 11.9. The van der Waals surface area contributed by atoms with Gasteiger partial charge in [-0.15, -0.1) is 0 Å². The highest BCUT2D eigenvalue weighted by Crippen LogP contribution is 2.37. The summed E-state index contributed by atoms with van der Waals surface area (Å²) in [5, 5.41) is 2.61. The van der Waals surface area contributed by atoms with Crippen molar-refractivity contribution in [2.75, 3.05) is 31.9 Å². The highest BCUT2D eigenvalue weighted by molar-refractivity contribution is 7.91. The molecule has 0 atom stereocenters. The molecule has 1 aliphatic rings. The molecule has 0 unspecified atom stereocenters. The SMILES string of the molecule is CCS(=O)(=O)c1ccc(Cl)cc1CNC(=O)c1cc(Cl)c(CN2CCN(C(C)C)CC2)c(C(F)(F)F)c1. The fourth-order valence-corrected chi connectivity index (χ4v) is 5.86. The summed E-state index contributed by atoms with van der Waals surface area (Å²) in [6.45, 7) is 8.12. The van der Waals surface area contributed by atoms with E-state index < -0.39 is 27.5 Å². The zero-order chi connectivity index (χ0) is 27.5. The molecule has 3 rings (SSSR count). The number of piperazine rings is 1. The Hall–Kier alpha value is -1.85. The molecule has 2 aromatic rings. The van der Waals surface area contributed by atoms with E-state index >= 15 is 0 Å². The van der Waals surface area contributed by atoms with Crippen LogP contribution in [-0.4, -0.2) is 62.1 Å². The fraction of sp³-hybridized carbons (Fsp3) is 0.480. The monoisotopic (exact) mass is 579 g/mol. The minimum atomic E-state index is -4.72. The van der Waals surface area contributed by atoms with E-state index in [1.165, 1.54) is 31.2 Å².